The zero-order valence-electron chi connectivity index (χ0n) is 11.6. The summed E-state index contributed by atoms with van der Waals surface area (Å²) in [5, 5.41) is 5.22. The van der Waals surface area contributed by atoms with Crippen LogP contribution in [0.2, 0.25) is 10.0 Å². The van der Waals surface area contributed by atoms with Crippen molar-refractivity contribution in [2.24, 2.45) is 0 Å². The van der Waals surface area contributed by atoms with Gasteiger partial charge in [0.1, 0.15) is 12.6 Å². The molecule has 0 unspecified atom stereocenters. The first kappa shape index (κ1) is 16.8. The number of thiophene rings is 1. The van der Waals surface area contributed by atoms with E-state index in [2.05, 4.69) is 5.32 Å². The lowest BCUT2D eigenvalue weighted by Gasteiger charge is -2.13. The maximum Gasteiger partial charge on any atom is 0.328 e. The van der Waals surface area contributed by atoms with Gasteiger partial charge in [0.25, 0.3) is 5.91 Å². The number of carbonyl (C=O) groups excluding carboxylic acids is 2. The van der Waals surface area contributed by atoms with Crippen LogP contribution in [0.5, 0.6) is 0 Å². The van der Waals surface area contributed by atoms with E-state index in [0.717, 1.165) is 5.56 Å². The number of benzene rings is 1. The van der Waals surface area contributed by atoms with E-state index < -0.39 is 12.0 Å². The van der Waals surface area contributed by atoms with Gasteiger partial charge in [-0.3, -0.25) is 4.79 Å². The van der Waals surface area contributed by atoms with Gasteiger partial charge in [-0.25, -0.2) is 4.79 Å². The third-order valence-electron chi connectivity index (χ3n) is 2.81. The van der Waals surface area contributed by atoms with Crippen molar-refractivity contribution in [3.05, 3.63) is 56.2 Å². The SMILES string of the molecule is C[C@@H](NC(=O)c1cccs1)C(=O)OCc1ccc(Cl)c(Cl)c1. The molecule has 1 heterocycles. The van der Waals surface area contributed by atoms with Gasteiger partial charge in [-0.15, -0.1) is 11.3 Å². The molecule has 0 saturated carbocycles. The summed E-state index contributed by atoms with van der Waals surface area (Å²) in [4.78, 5) is 24.3. The zero-order valence-corrected chi connectivity index (χ0v) is 14.0. The van der Waals surface area contributed by atoms with Gasteiger partial charge < -0.3 is 10.1 Å². The average Bonchev–Trinajstić information content (AvgIpc) is 3.02. The summed E-state index contributed by atoms with van der Waals surface area (Å²) < 4.78 is 5.15. The molecule has 0 fully saturated rings. The van der Waals surface area contributed by atoms with E-state index in [1.54, 1.807) is 42.6 Å². The van der Waals surface area contributed by atoms with Crippen LogP contribution in [-0.4, -0.2) is 17.9 Å². The molecule has 116 valence electrons. The molecule has 1 amide bonds. The Morgan fingerprint density at radius 2 is 2.05 bits per heavy atom. The number of nitrogens with one attached hydrogen (secondary N) is 1. The number of carbonyl (C=O) groups is 2. The molecule has 1 aromatic heterocycles. The number of hydrogen-bond acceptors (Lipinski definition) is 4. The van der Waals surface area contributed by atoms with E-state index in [0.29, 0.717) is 14.9 Å². The molecule has 7 heteroatoms. The van der Waals surface area contributed by atoms with Crippen LogP contribution in [0.15, 0.2) is 35.7 Å². The van der Waals surface area contributed by atoms with E-state index >= 15 is 0 Å². The van der Waals surface area contributed by atoms with Crippen LogP contribution in [0.3, 0.4) is 0 Å². The number of halogens is 2. The van der Waals surface area contributed by atoms with Gasteiger partial charge in [0, 0.05) is 0 Å². The van der Waals surface area contributed by atoms with Crippen molar-refractivity contribution >= 4 is 46.4 Å². The van der Waals surface area contributed by atoms with Crippen LogP contribution in [0.1, 0.15) is 22.2 Å². The van der Waals surface area contributed by atoms with Crippen molar-refractivity contribution in [2.75, 3.05) is 0 Å². The van der Waals surface area contributed by atoms with E-state index in [-0.39, 0.29) is 12.5 Å². The van der Waals surface area contributed by atoms with Crippen molar-refractivity contribution < 1.29 is 14.3 Å². The summed E-state index contributed by atoms with van der Waals surface area (Å²) >= 11 is 13.0. The fraction of sp³-hybridized carbons (Fsp3) is 0.200. The number of ether oxygens (including phenoxy) is 1. The molecular formula is C15H13Cl2NO3S. The Morgan fingerprint density at radius 1 is 1.27 bits per heavy atom. The van der Waals surface area contributed by atoms with E-state index in [9.17, 15) is 9.59 Å². The highest BCUT2D eigenvalue weighted by atomic mass is 35.5. The minimum atomic E-state index is -0.739. The number of esters is 1. The third-order valence-corrected chi connectivity index (χ3v) is 4.42. The smallest absolute Gasteiger partial charge is 0.328 e. The van der Waals surface area contributed by atoms with Gasteiger partial charge in [0.05, 0.1) is 14.9 Å². The lowest BCUT2D eigenvalue weighted by Crippen LogP contribution is -2.39. The fourth-order valence-corrected chi connectivity index (χ4v) is 2.59. The highest BCUT2D eigenvalue weighted by Crippen LogP contribution is 2.22. The van der Waals surface area contributed by atoms with E-state index in [1.165, 1.54) is 11.3 Å². The van der Waals surface area contributed by atoms with Gasteiger partial charge in [-0.1, -0.05) is 35.3 Å². The Balaban J connectivity index is 1.86. The molecular weight excluding hydrogens is 345 g/mol. The first-order chi connectivity index (χ1) is 10.5. The monoisotopic (exact) mass is 357 g/mol. The average molecular weight is 358 g/mol. The van der Waals surface area contributed by atoms with Crippen molar-refractivity contribution in [3.63, 3.8) is 0 Å². The second-order valence-electron chi connectivity index (χ2n) is 4.53. The number of hydrogen-bond donors (Lipinski definition) is 1. The molecule has 1 N–H and O–H groups in total. The van der Waals surface area contributed by atoms with Crippen LogP contribution in [0, 0.1) is 0 Å². The summed E-state index contributed by atoms with van der Waals surface area (Å²) in [5.74, 6) is -0.815. The second-order valence-corrected chi connectivity index (χ2v) is 6.29. The largest absolute Gasteiger partial charge is 0.459 e. The van der Waals surface area contributed by atoms with Gasteiger partial charge in [-0.05, 0) is 36.1 Å². The van der Waals surface area contributed by atoms with Gasteiger partial charge in [-0.2, -0.15) is 0 Å². The fourth-order valence-electron chi connectivity index (χ4n) is 1.64. The quantitative estimate of drug-likeness (QED) is 0.825. The molecule has 0 aliphatic heterocycles. The predicted octanol–water partition coefficient (Wildman–Crippen LogP) is 3.92. The van der Waals surface area contributed by atoms with Crippen molar-refractivity contribution in [1.82, 2.24) is 5.32 Å². The summed E-state index contributed by atoms with van der Waals surface area (Å²) in [6, 6.07) is 7.70. The maximum atomic E-state index is 11.9. The molecule has 2 aromatic rings. The summed E-state index contributed by atoms with van der Waals surface area (Å²) in [6.45, 7) is 1.64. The Bertz CT molecular complexity index is 673. The highest BCUT2D eigenvalue weighted by Gasteiger charge is 2.18. The van der Waals surface area contributed by atoms with Crippen molar-refractivity contribution in [1.29, 1.82) is 0 Å². The summed E-state index contributed by atoms with van der Waals surface area (Å²) in [5.41, 5.74) is 0.722. The summed E-state index contributed by atoms with van der Waals surface area (Å²) in [6.07, 6.45) is 0. The molecule has 0 aliphatic carbocycles. The first-order valence-electron chi connectivity index (χ1n) is 6.42. The Labute approximate surface area is 142 Å². The molecule has 22 heavy (non-hydrogen) atoms. The number of amides is 1. The van der Waals surface area contributed by atoms with Crippen molar-refractivity contribution in [3.8, 4) is 0 Å². The molecule has 1 aromatic carbocycles. The lowest BCUT2D eigenvalue weighted by atomic mass is 10.2. The Kier molecular flexibility index (Phi) is 5.83. The van der Waals surface area contributed by atoms with Gasteiger partial charge in [0.2, 0.25) is 0 Å². The van der Waals surface area contributed by atoms with E-state index in [4.69, 9.17) is 27.9 Å². The molecule has 0 bridgehead atoms. The topological polar surface area (TPSA) is 55.4 Å². The zero-order chi connectivity index (χ0) is 16.1. The molecule has 0 radical (unpaired) electrons. The highest BCUT2D eigenvalue weighted by molar-refractivity contribution is 7.12. The minimum Gasteiger partial charge on any atom is -0.459 e. The third kappa shape index (κ3) is 4.47. The Hall–Kier alpha value is -1.56. The normalized spacial score (nSPS) is 11.8. The minimum absolute atomic E-state index is 0.0644. The lowest BCUT2D eigenvalue weighted by molar-refractivity contribution is -0.146. The van der Waals surface area contributed by atoms with Crippen LogP contribution < -0.4 is 5.32 Å². The molecule has 0 spiro atoms. The molecule has 1 atom stereocenters. The molecule has 0 saturated heterocycles. The van der Waals surface area contributed by atoms with Gasteiger partial charge >= 0.3 is 5.97 Å². The summed E-state index contributed by atoms with van der Waals surface area (Å²) in [7, 11) is 0. The van der Waals surface area contributed by atoms with Crippen LogP contribution in [0.25, 0.3) is 0 Å². The van der Waals surface area contributed by atoms with E-state index in [1.807, 2.05) is 0 Å². The van der Waals surface area contributed by atoms with Crippen LogP contribution in [0.4, 0.5) is 0 Å². The molecule has 2 rings (SSSR count). The van der Waals surface area contributed by atoms with Crippen molar-refractivity contribution in [2.45, 2.75) is 19.6 Å². The van der Waals surface area contributed by atoms with Gasteiger partial charge in [0.15, 0.2) is 0 Å². The Morgan fingerprint density at radius 3 is 2.68 bits per heavy atom. The predicted molar refractivity (Wildman–Crippen MR) is 87.5 cm³/mol. The molecule has 0 aliphatic rings. The standard InChI is InChI=1S/C15H13Cl2NO3S/c1-9(18-14(19)13-3-2-6-22-13)15(20)21-8-10-4-5-11(16)12(17)7-10/h2-7,9H,8H2,1H3,(H,18,19)/t9-/m1/s1. The second kappa shape index (κ2) is 7.63. The first-order valence-corrected chi connectivity index (χ1v) is 8.06. The number of rotatable bonds is 5. The maximum absolute atomic E-state index is 11.9. The van der Waals surface area contributed by atoms with Crippen LogP contribution in [-0.2, 0) is 16.1 Å². The molecule has 4 nitrogen and oxygen atoms in total. The van der Waals surface area contributed by atoms with Crippen LogP contribution >= 0.6 is 34.5 Å².